The van der Waals surface area contributed by atoms with Gasteiger partial charge in [-0.15, -0.1) is 0 Å². The van der Waals surface area contributed by atoms with Crippen LogP contribution < -0.4 is 4.90 Å². The molecule has 0 bridgehead atoms. The molecule has 0 N–H and O–H groups in total. The Hall–Kier alpha value is -3.94. The molecule has 0 spiro atoms. The maximum atomic E-state index is 5.70. The van der Waals surface area contributed by atoms with Crippen LogP contribution in [0.2, 0.25) is 0 Å². The first-order valence-corrected chi connectivity index (χ1v) is 16.7. The fourth-order valence-corrected chi connectivity index (χ4v) is 6.87. The zero-order valence-corrected chi connectivity index (χ0v) is 27.0. The maximum Gasteiger partial charge on any atom is 0.0642 e. The zero-order valence-electron chi connectivity index (χ0n) is 27.0. The van der Waals surface area contributed by atoms with E-state index in [1.807, 2.05) is 12.4 Å². The first kappa shape index (κ1) is 31.1. The van der Waals surface area contributed by atoms with E-state index in [-0.39, 0.29) is 0 Å². The monoisotopic (exact) mass is 605 g/mol. The number of allylic oxidation sites excluding steroid dienone is 4. The Balaban J connectivity index is 1.25. The van der Waals surface area contributed by atoms with Crippen LogP contribution in [0.25, 0.3) is 12.2 Å². The van der Waals surface area contributed by atoms with Gasteiger partial charge in [-0.05, 0) is 97.2 Å². The average Bonchev–Trinajstić information content (AvgIpc) is 3.69. The molecular formula is C38H47N5O2. The van der Waals surface area contributed by atoms with Crippen LogP contribution in [-0.2, 0) is 9.47 Å². The quantitative estimate of drug-likeness (QED) is 0.220. The van der Waals surface area contributed by atoms with E-state index in [0.29, 0.717) is 0 Å². The van der Waals surface area contributed by atoms with Crippen LogP contribution >= 0.6 is 0 Å². The number of hydrogen-bond acceptors (Lipinski definition) is 7. The summed E-state index contributed by atoms with van der Waals surface area (Å²) in [4.78, 5) is 7.33. The van der Waals surface area contributed by atoms with Gasteiger partial charge in [-0.1, -0.05) is 42.5 Å². The lowest BCUT2D eigenvalue weighted by atomic mass is 10.1. The summed E-state index contributed by atoms with van der Waals surface area (Å²) in [5.41, 5.74) is 11.7. The van der Waals surface area contributed by atoms with Crippen LogP contribution in [0.4, 0.5) is 5.69 Å². The van der Waals surface area contributed by atoms with Crippen molar-refractivity contribution in [1.29, 1.82) is 0 Å². The number of anilines is 1. The van der Waals surface area contributed by atoms with Crippen molar-refractivity contribution in [3.63, 3.8) is 0 Å². The Morgan fingerprint density at radius 2 is 1.09 bits per heavy atom. The molecule has 236 valence electrons. The van der Waals surface area contributed by atoms with Gasteiger partial charge in [-0.2, -0.15) is 10.2 Å². The third-order valence-corrected chi connectivity index (χ3v) is 9.20. The van der Waals surface area contributed by atoms with Crippen LogP contribution in [0.5, 0.6) is 0 Å². The average molecular weight is 606 g/mol. The Morgan fingerprint density at radius 3 is 1.56 bits per heavy atom. The van der Waals surface area contributed by atoms with Gasteiger partial charge in [0.1, 0.15) is 0 Å². The molecule has 6 rings (SSSR count). The highest BCUT2D eigenvalue weighted by molar-refractivity contribution is 5.86. The lowest BCUT2D eigenvalue weighted by Gasteiger charge is -2.31. The molecule has 0 unspecified atom stereocenters. The standard InChI is InChI=1S/C38H47N5O2/c1-3-41(4-2)36-16-10-31(11-17-36)27-33-13-15-35(38(33)43-20-24-45-25-21-43)29-40-39-28-34-14-12-32(26-30-8-6-5-7-9-30)37(34)42-18-22-44-23-19-42/h5-11,16-17,26-29H,3-4,12-15,18-25H2,1-2H3/b32-26+,33-27-,39-28-,40-29+. The van der Waals surface area contributed by atoms with Gasteiger partial charge in [-0.3, -0.25) is 0 Å². The summed E-state index contributed by atoms with van der Waals surface area (Å²) in [7, 11) is 0. The summed E-state index contributed by atoms with van der Waals surface area (Å²) in [5.74, 6) is 0. The number of ether oxygens (including phenoxy) is 2. The van der Waals surface area contributed by atoms with Crippen LogP contribution in [0.1, 0.15) is 50.7 Å². The van der Waals surface area contributed by atoms with E-state index in [0.717, 1.165) is 91.4 Å². The largest absolute Gasteiger partial charge is 0.378 e. The van der Waals surface area contributed by atoms with Crippen LogP contribution in [0, 0.1) is 0 Å². The molecule has 45 heavy (non-hydrogen) atoms. The van der Waals surface area contributed by atoms with E-state index in [4.69, 9.17) is 9.47 Å². The highest BCUT2D eigenvalue weighted by Gasteiger charge is 2.27. The minimum atomic E-state index is 0.759. The molecule has 2 fully saturated rings. The molecule has 2 aromatic carbocycles. The molecule has 4 aliphatic rings. The normalized spacial score (nSPS) is 21.5. The molecule has 0 saturated carbocycles. The molecular weight excluding hydrogens is 558 g/mol. The second kappa shape index (κ2) is 15.4. The summed E-state index contributed by atoms with van der Waals surface area (Å²) in [6.07, 6.45) is 12.7. The maximum absolute atomic E-state index is 5.70. The summed E-state index contributed by atoms with van der Waals surface area (Å²) in [5, 5.41) is 9.28. The number of rotatable bonds is 10. The van der Waals surface area contributed by atoms with Gasteiger partial charge in [0.2, 0.25) is 0 Å². The lowest BCUT2D eigenvalue weighted by molar-refractivity contribution is 0.0548. The van der Waals surface area contributed by atoms with Gasteiger partial charge in [0.15, 0.2) is 0 Å². The summed E-state index contributed by atoms with van der Waals surface area (Å²) in [6, 6.07) is 19.6. The van der Waals surface area contributed by atoms with Gasteiger partial charge in [0.05, 0.1) is 38.9 Å². The predicted octanol–water partition coefficient (Wildman–Crippen LogP) is 6.82. The molecule has 2 aromatic rings. The SMILES string of the molecule is CCN(CC)c1ccc(/C=C2/CCC(/C=N/N=C\C3=C(N4CCOCC4)C(=C/c4ccccc4)/CC3)=C2N2CCOCC2)cc1. The molecule has 0 amide bonds. The van der Waals surface area contributed by atoms with Crippen LogP contribution in [0.15, 0.2) is 98.5 Å². The van der Waals surface area contributed by atoms with Crippen molar-refractivity contribution in [3.05, 3.63) is 99.4 Å². The molecule has 2 aliphatic carbocycles. The van der Waals surface area contributed by atoms with Gasteiger partial charge in [0, 0.05) is 56.4 Å². The van der Waals surface area contributed by atoms with Crippen molar-refractivity contribution >= 4 is 30.3 Å². The van der Waals surface area contributed by atoms with Crippen molar-refractivity contribution in [1.82, 2.24) is 9.80 Å². The van der Waals surface area contributed by atoms with Gasteiger partial charge in [-0.25, -0.2) is 0 Å². The predicted molar refractivity (Wildman–Crippen MR) is 187 cm³/mol. The third kappa shape index (κ3) is 7.66. The number of nitrogens with zero attached hydrogens (tertiary/aromatic N) is 5. The molecule has 0 atom stereocenters. The van der Waals surface area contributed by atoms with Crippen LogP contribution in [0.3, 0.4) is 0 Å². The Morgan fingerprint density at radius 1 is 0.622 bits per heavy atom. The van der Waals surface area contributed by atoms with Crippen molar-refractivity contribution in [2.24, 2.45) is 10.2 Å². The number of hydrogen-bond donors (Lipinski definition) is 0. The Labute approximate surface area is 268 Å². The fourth-order valence-electron chi connectivity index (χ4n) is 6.87. The number of morpholine rings is 2. The second-order valence-electron chi connectivity index (χ2n) is 11.9. The smallest absolute Gasteiger partial charge is 0.0642 e. The van der Waals surface area contributed by atoms with Gasteiger partial charge >= 0.3 is 0 Å². The Bertz CT molecular complexity index is 1470. The molecule has 2 saturated heterocycles. The molecule has 0 aromatic heterocycles. The minimum Gasteiger partial charge on any atom is -0.378 e. The van der Waals surface area contributed by atoms with E-state index in [1.54, 1.807) is 0 Å². The lowest BCUT2D eigenvalue weighted by Crippen LogP contribution is -2.36. The molecule has 0 radical (unpaired) electrons. The van der Waals surface area contributed by atoms with E-state index >= 15 is 0 Å². The highest BCUT2D eigenvalue weighted by Crippen LogP contribution is 2.36. The molecule has 2 aliphatic heterocycles. The molecule has 7 nitrogen and oxygen atoms in total. The van der Waals surface area contributed by atoms with Crippen molar-refractivity contribution < 1.29 is 9.47 Å². The van der Waals surface area contributed by atoms with Gasteiger partial charge < -0.3 is 24.2 Å². The van der Waals surface area contributed by atoms with E-state index in [1.165, 1.54) is 50.5 Å². The first-order valence-electron chi connectivity index (χ1n) is 16.7. The van der Waals surface area contributed by atoms with E-state index in [2.05, 4.69) is 105 Å². The summed E-state index contributed by atoms with van der Waals surface area (Å²) < 4.78 is 11.4. The molecule has 2 heterocycles. The van der Waals surface area contributed by atoms with E-state index in [9.17, 15) is 0 Å². The van der Waals surface area contributed by atoms with E-state index < -0.39 is 0 Å². The summed E-state index contributed by atoms with van der Waals surface area (Å²) >= 11 is 0. The van der Waals surface area contributed by atoms with Gasteiger partial charge in [0.25, 0.3) is 0 Å². The topological polar surface area (TPSA) is 52.9 Å². The summed E-state index contributed by atoms with van der Waals surface area (Å²) in [6.45, 7) is 13.1. The first-order chi connectivity index (χ1) is 22.2. The van der Waals surface area contributed by atoms with Crippen molar-refractivity contribution in [2.45, 2.75) is 39.5 Å². The highest BCUT2D eigenvalue weighted by atomic mass is 16.5. The minimum absolute atomic E-state index is 0.759. The zero-order chi connectivity index (χ0) is 30.8. The third-order valence-electron chi connectivity index (χ3n) is 9.20. The fraction of sp³-hybridized carbons (Fsp3) is 0.421. The number of benzene rings is 2. The van der Waals surface area contributed by atoms with Crippen molar-refractivity contribution in [3.8, 4) is 0 Å². The Kier molecular flexibility index (Phi) is 10.6. The van der Waals surface area contributed by atoms with Crippen molar-refractivity contribution in [2.75, 3.05) is 70.6 Å². The second-order valence-corrected chi connectivity index (χ2v) is 11.9. The molecule has 7 heteroatoms. The van der Waals surface area contributed by atoms with Crippen LogP contribution in [-0.4, -0.2) is 87.9 Å².